The predicted molar refractivity (Wildman–Crippen MR) is 101 cm³/mol. The van der Waals surface area contributed by atoms with Crippen molar-refractivity contribution in [2.24, 2.45) is 0 Å². The van der Waals surface area contributed by atoms with E-state index in [-0.39, 0.29) is 5.91 Å². The van der Waals surface area contributed by atoms with Crippen LogP contribution in [0.5, 0.6) is 5.75 Å². The van der Waals surface area contributed by atoms with Gasteiger partial charge in [0.15, 0.2) is 0 Å². The molecule has 0 fully saturated rings. The number of hydrogen-bond acceptors (Lipinski definition) is 4. The predicted octanol–water partition coefficient (Wildman–Crippen LogP) is 4.45. The highest BCUT2D eigenvalue weighted by Crippen LogP contribution is 2.26. The topological polar surface area (TPSA) is 55.6 Å². The van der Waals surface area contributed by atoms with Crippen molar-refractivity contribution in [3.63, 3.8) is 0 Å². The van der Waals surface area contributed by atoms with E-state index in [0.29, 0.717) is 40.9 Å². The molecule has 0 atom stereocenters. The van der Waals surface area contributed by atoms with Crippen molar-refractivity contribution in [3.05, 3.63) is 70.9 Å². The number of benzene rings is 2. The van der Waals surface area contributed by atoms with Gasteiger partial charge in [-0.3, -0.25) is 4.79 Å². The molecule has 0 saturated heterocycles. The average molecular weight is 371 g/mol. The fourth-order valence-corrected chi connectivity index (χ4v) is 2.67. The molecule has 0 aliphatic heterocycles. The van der Waals surface area contributed by atoms with Crippen LogP contribution in [0.2, 0.25) is 5.02 Å². The lowest BCUT2D eigenvalue weighted by Gasteiger charge is -2.17. The lowest BCUT2D eigenvalue weighted by molar-refractivity contribution is 0.0772. The van der Waals surface area contributed by atoms with Crippen molar-refractivity contribution in [1.29, 1.82) is 0 Å². The molecule has 3 aromatic rings. The summed E-state index contributed by atoms with van der Waals surface area (Å²) >= 11 is 5.85. The van der Waals surface area contributed by atoms with E-state index < -0.39 is 0 Å². The minimum absolute atomic E-state index is 0.151. The van der Waals surface area contributed by atoms with Gasteiger partial charge in [0.2, 0.25) is 0 Å². The van der Waals surface area contributed by atoms with Crippen molar-refractivity contribution < 1.29 is 14.1 Å². The van der Waals surface area contributed by atoms with Crippen molar-refractivity contribution in [2.75, 3.05) is 20.2 Å². The Morgan fingerprint density at radius 3 is 2.54 bits per heavy atom. The first-order valence-corrected chi connectivity index (χ1v) is 8.59. The highest BCUT2D eigenvalue weighted by Gasteiger charge is 2.24. The number of aryl methyl sites for hydroxylation is 1. The number of carbonyl (C=O) groups excluding carboxylic acids is 1. The van der Waals surface area contributed by atoms with Crippen molar-refractivity contribution in [1.82, 2.24) is 10.1 Å². The third-order valence-corrected chi connectivity index (χ3v) is 4.23. The quantitative estimate of drug-likeness (QED) is 0.643. The summed E-state index contributed by atoms with van der Waals surface area (Å²) in [7, 11) is 1.73. The number of halogens is 1. The van der Waals surface area contributed by atoms with Crippen molar-refractivity contribution in [3.8, 4) is 17.0 Å². The second-order valence-corrected chi connectivity index (χ2v) is 6.29. The maximum atomic E-state index is 12.9. The Labute approximate surface area is 157 Å². The Morgan fingerprint density at radius 2 is 1.85 bits per heavy atom. The van der Waals surface area contributed by atoms with Gasteiger partial charge in [-0.25, -0.2) is 0 Å². The van der Waals surface area contributed by atoms with Crippen LogP contribution in [-0.2, 0) is 0 Å². The lowest BCUT2D eigenvalue weighted by Crippen LogP contribution is -2.31. The van der Waals surface area contributed by atoms with Crippen LogP contribution >= 0.6 is 11.6 Å². The minimum atomic E-state index is -0.151. The number of amides is 1. The summed E-state index contributed by atoms with van der Waals surface area (Å²) in [6.45, 7) is 2.54. The Morgan fingerprint density at radius 1 is 1.15 bits per heavy atom. The van der Waals surface area contributed by atoms with Gasteiger partial charge in [-0.05, 0) is 31.2 Å². The Kier molecular flexibility index (Phi) is 5.58. The number of likely N-dealkylation sites (N-methyl/N-ethyl adjacent to an activating group) is 1. The largest absolute Gasteiger partial charge is 0.492 e. The Balaban J connectivity index is 1.67. The van der Waals surface area contributed by atoms with E-state index in [1.807, 2.05) is 30.3 Å². The molecule has 1 aromatic heterocycles. The van der Waals surface area contributed by atoms with Crippen molar-refractivity contribution >= 4 is 17.5 Å². The van der Waals surface area contributed by atoms with Gasteiger partial charge >= 0.3 is 0 Å². The van der Waals surface area contributed by atoms with Gasteiger partial charge in [-0.2, -0.15) is 0 Å². The van der Waals surface area contributed by atoms with Crippen LogP contribution in [0.4, 0.5) is 0 Å². The summed E-state index contributed by atoms with van der Waals surface area (Å²) in [4.78, 5) is 14.5. The summed E-state index contributed by atoms with van der Waals surface area (Å²) in [6, 6.07) is 16.6. The molecule has 1 amide bonds. The molecule has 0 unspecified atom stereocenters. The Bertz CT molecular complexity index is 876. The number of ether oxygens (including phenoxy) is 1. The molecule has 5 nitrogen and oxygen atoms in total. The molecule has 0 bridgehead atoms. The van der Waals surface area contributed by atoms with E-state index in [0.717, 1.165) is 5.56 Å². The number of hydrogen-bond donors (Lipinski definition) is 0. The number of nitrogens with zero attached hydrogens (tertiary/aromatic N) is 2. The van der Waals surface area contributed by atoms with Gasteiger partial charge < -0.3 is 14.2 Å². The molecule has 2 aromatic carbocycles. The summed E-state index contributed by atoms with van der Waals surface area (Å²) in [5.74, 6) is 1.06. The minimum Gasteiger partial charge on any atom is -0.492 e. The van der Waals surface area contributed by atoms with E-state index in [1.54, 1.807) is 43.1 Å². The average Bonchev–Trinajstić information content (AvgIpc) is 3.05. The van der Waals surface area contributed by atoms with Crippen LogP contribution in [0.15, 0.2) is 59.1 Å². The summed E-state index contributed by atoms with van der Waals surface area (Å²) in [5.41, 5.74) is 1.88. The van der Waals surface area contributed by atoms with Crippen LogP contribution < -0.4 is 4.74 Å². The molecule has 1 heterocycles. The number of carbonyl (C=O) groups is 1. The molecular weight excluding hydrogens is 352 g/mol. The molecule has 0 aliphatic carbocycles. The molecule has 0 spiro atoms. The standard InChI is InChI=1S/C20H19ClN2O3/c1-14-18(19(22-26-14)15-6-4-3-5-7-15)20(24)23(2)12-13-25-17-10-8-16(21)9-11-17/h3-11H,12-13H2,1-2H3. The number of rotatable bonds is 6. The maximum absolute atomic E-state index is 12.9. The van der Waals surface area contributed by atoms with Gasteiger partial charge in [0.25, 0.3) is 5.91 Å². The molecule has 0 radical (unpaired) electrons. The third-order valence-electron chi connectivity index (χ3n) is 3.98. The van der Waals surface area contributed by atoms with Crippen LogP contribution in [0.25, 0.3) is 11.3 Å². The maximum Gasteiger partial charge on any atom is 0.259 e. The molecule has 0 aliphatic rings. The van der Waals surface area contributed by atoms with Gasteiger partial charge in [-0.1, -0.05) is 47.1 Å². The second kappa shape index (κ2) is 8.06. The fourth-order valence-electron chi connectivity index (χ4n) is 2.54. The van der Waals surface area contributed by atoms with E-state index in [9.17, 15) is 4.79 Å². The first-order chi connectivity index (χ1) is 12.6. The first-order valence-electron chi connectivity index (χ1n) is 8.22. The lowest BCUT2D eigenvalue weighted by atomic mass is 10.1. The molecule has 26 heavy (non-hydrogen) atoms. The normalized spacial score (nSPS) is 10.6. The SMILES string of the molecule is Cc1onc(-c2ccccc2)c1C(=O)N(C)CCOc1ccc(Cl)cc1. The molecular formula is C20H19ClN2O3. The van der Waals surface area contributed by atoms with Crippen LogP contribution in [0, 0.1) is 6.92 Å². The van der Waals surface area contributed by atoms with Gasteiger partial charge in [0, 0.05) is 17.6 Å². The van der Waals surface area contributed by atoms with Crippen LogP contribution in [0.3, 0.4) is 0 Å². The van der Waals surface area contributed by atoms with E-state index >= 15 is 0 Å². The summed E-state index contributed by atoms with van der Waals surface area (Å²) < 4.78 is 10.9. The molecule has 6 heteroatoms. The van der Waals surface area contributed by atoms with E-state index in [2.05, 4.69) is 5.16 Å². The van der Waals surface area contributed by atoms with E-state index in [4.69, 9.17) is 20.9 Å². The molecule has 134 valence electrons. The fraction of sp³-hybridized carbons (Fsp3) is 0.200. The van der Waals surface area contributed by atoms with Crippen LogP contribution in [0.1, 0.15) is 16.1 Å². The molecule has 3 rings (SSSR count). The highest BCUT2D eigenvalue weighted by molar-refractivity contribution is 6.30. The van der Waals surface area contributed by atoms with E-state index in [1.165, 1.54) is 0 Å². The Hall–Kier alpha value is -2.79. The number of aromatic nitrogens is 1. The van der Waals surface area contributed by atoms with Crippen molar-refractivity contribution in [2.45, 2.75) is 6.92 Å². The summed E-state index contributed by atoms with van der Waals surface area (Å²) in [5, 5.41) is 4.71. The van der Waals surface area contributed by atoms with Gasteiger partial charge in [0.1, 0.15) is 29.4 Å². The monoisotopic (exact) mass is 370 g/mol. The zero-order valence-corrected chi connectivity index (χ0v) is 15.4. The molecule has 0 saturated carbocycles. The van der Waals surface area contributed by atoms with Gasteiger partial charge in [-0.15, -0.1) is 0 Å². The summed E-state index contributed by atoms with van der Waals surface area (Å²) in [6.07, 6.45) is 0. The first kappa shape index (κ1) is 18.0. The third kappa shape index (κ3) is 4.06. The highest BCUT2D eigenvalue weighted by atomic mass is 35.5. The molecule has 0 N–H and O–H groups in total. The van der Waals surface area contributed by atoms with Crippen LogP contribution in [-0.4, -0.2) is 36.2 Å². The zero-order chi connectivity index (χ0) is 18.5. The zero-order valence-electron chi connectivity index (χ0n) is 14.6. The van der Waals surface area contributed by atoms with Gasteiger partial charge in [0.05, 0.1) is 6.54 Å². The smallest absolute Gasteiger partial charge is 0.259 e. The second-order valence-electron chi connectivity index (χ2n) is 5.86.